The van der Waals surface area contributed by atoms with Gasteiger partial charge in [-0.2, -0.15) is 0 Å². The summed E-state index contributed by atoms with van der Waals surface area (Å²) in [5, 5.41) is 8.17. The number of nitrogens with zero attached hydrogens (tertiary/aromatic N) is 1. The van der Waals surface area contributed by atoms with E-state index in [9.17, 15) is 4.79 Å². The Kier molecular flexibility index (Phi) is 6.91. The summed E-state index contributed by atoms with van der Waals surface area (Å²) >= 11 is 0. The van der Waals surface area contributed by atoms with Gasteiger partial charge in [-0.3, -0.25) is 15.0 Å². The van der Waals surface area contributed by atoms with Gasteiger partial charge in [-0.15, -0.1) is 0 Å². The lowest BCUT2D eigenvalue weighted by molar-refractivity contribution is -0.129. The molecule has 0 aromatic heterocycles. The van der Waals surface area contributed by atoms with Crippen LogP contribution >= 0.6 is 0 Å². The Morgan fingerprint density at radius 1 is 1.46 bits per heavy atom. The Balaban J connectivity index is 3.18. The highest BCUT2D eigenvalue weighted by Crippen LogP contribution is 1.99. The molecular weight excluding hydrogens is 170 g/mol. The summed E-state index contributed by atoms with van der Waals surface area (Å²) in [6.45, 7) is 2.46. The van der Waals surface area contributed by atoms with E-state index < -0.39 is 0 Å². The Morgan fingerprint density at radius 3 is 2.69 bits per heavy atom. The van der Waals surface area contributed by atoms with Crippen LogP contribution in [0.25, 0.3) is 0 Å². The van der Waals surface area contributed by atoms with Crippen molar-refractivity contribution in [3.63, 3.8) is 0 Å². The molecule has 0 atom stereocenters. The highest BCUT2D eigenvalue weighted by atomic mass is 16.5. The molecule has 0 aliphatic rings. The van der Waals surface area contributed by atoms with Crippen LogP contribution in [0.1, 0.15) is 32.6 Å². The molecule has 0 bridgehead atoms. The third kappa shape index (κ3) is 8.81. The predicted octanol–water partition coefficient (Wildman–Crippen LogP) is 0.429. The van der Waals surface area contributed by atoms with Gasteiger partial charge >= 0.3 is 0 Å². The van der Waals surface area contributed by atoms with E-state index in [4.69, 9.17) is 10.9 Å². The average molecular weight is 187 g/mol. The molecule has 0 spiro atoms. The Bertz CT molecular complexity index is 176. The first-order valence-electron chi connectivity index (χ1n) is 4.36. The Labute approximate surface area is 78.0 Å². The highest BCUT2D eigenvalue weighted by molar-refractivity contribution is 5.77. The third-order valence-electron chi connectivity index (χ3n) is 1.55. The van der Waals surface area contributed by atoms with Crippen LogP contribution in [-0.4, -0.2) is 23.5 Å². The van der Waals surface area contributed by atoms with Crippen LogP contribution in [0.15, 0.2) is 4.99 Å². The molecule has 0 fully saturated rings. The number of amidine groups is 1. The van der Waals surface area contributed by atoms with Gasteiger partial charge in [-0.25, -0.2) is 5.48 Å². The summed E-state index contributed by atoms with van der Waals surface area (Å²) in [6.07, 6.45) is 2.98. The summed E-state index contributed by atoms with van der Waals surface area (Å²) in [5.74, 6) is 0.256. The maximum Gasteiger partial charge on any atom is 0.243 e. The topological polar surface area (TPSA) is 87.7 Å². The van der Waals surface area contributed by atoms with Crippen molar-refractivity contribution in [2.75, 3.05) is 6.54 Å². The monoisotopic (exact) mass is 187 g/mol. The van der Waals surface area contributed by atoms with Gasteiger partial charge in [0.15, 0.2) is 0 Å². The minimum atomic E-state index is -0.335. The minimum Gasteiger partial charge on any atom is -0.388 e. The maximum absolute atomic E-state index is 10.5. The molecule has 4 N–H and O–H groups in total. The fourth-order valence-corrected chi connectivity index (χ4v) is 0.885. The number of nitrogens with two attached hydrogens (primary N) is 1. The van der Waals surface area contributed by atoms with Crippen molar-refractivity contribution < 1.29 is 10.0 Å². The van der Waals surface area contributed by atoms with E-state index in [2.05, 4.69) is 4.99 Å². The van der Waals surface area contributed by atoms with Gasteiger partial charge in [0, 0.05) is 13.0 Å². The number of amides is 1. The molecule has 0 aliphatic heterocycles. The number of hydrogen-bond donors (Lipinski definition) is 3. The molecule has 5 heteroatoms. The van der Waals surface area contributed by atoms with E-state index in [0.29, 0.717) is 18.8 Å². The molecule has 5 nitrogen and oxygen atoms in total. The van der Waals surface area contributed by atoms with Crippen LogP contribution in [0.2, 0.25) is 0 Å². The van der Waals surface area contributed by atoms with Crippen molar-refractivity contribution in [1.82, 2.24) is 5.48 Å². The van der Waals surface area contributed by atoms with Crippen molar-refractivity contribution in [1.29, 1.82) is 0 Å². The largest absolute Gasteiger partial charge is 0.388 e. The quantitative estimate of drug-likeness (QED) is 0.185. The van der Waals surface area contributed by atoms with Gasteiger partial charge in [0.2, 0.25) is 5.91 Å². The maximum atomic E-state index is 10.5. The summed E-state index contributed by atoms with van der Waals surface area (Å²) in [4.78, 5) is 14.5. The van der Waals surface area contributed by atoms with Gasteiger partial charge in [0.1, 0.15) is 0 Å². The number of hydroxylamine groups is 1. The van der Waals surface area contributed by atoms with Crippen molar-refractivity contribution in [2.45, 2.75) is 32.6 Å². The van der Waals surface area contributed by atoms with Gasteiger partial charge < -0.3 is 5.73 Å². The molecular formula is C8H17N3O2. The molecule has 0 saturated carbocycles. The molecule has 13 heavy (non-hydrogen) atoms. The zero-order chi connectivity index (χ0) is 10.1. The van der Waals surface area contributed by atoms with Crippen LogP contribution in [0, 0.1) is 0 Å². The molecule has 0 rings (SSSR count). The standard InChI is InChI=1S/C8H17N3O2/c1-7(9)10-6-4-2-3-5-8(12)11-13/h13H,2-6H2,1H3,(H2,9,10)(H,11,12). The number of aliphatic imine (C=N–C) groups is 1. The molecule has 0 saturated heterocycles. The average Bonchev–Trinajstić information content (AvgIpc) is 2.10. The van der Waals surface area contributed by atoms with Crippen LogP contribution < -0.4 is 11.2 Å². The first-order chi connectivity index (χ1) is 6.16. The van der Waals surface area contributed by atoms with Crippen molar-refractivity contribution >= 4 is 11.7 Å². The lowest BCUT2D eigenvalue weighted by Crippen LogP contribution is -2.17. The van der Waals surface area contributed by atoms with Crippen LogP contribution in [0.3, 0.4) is 0 Å². The molecule has 76 valence electrons. The smallest absolute Gasteiger partial charge is 0.243 e. The second-order valence-electron chi connectivity index (χ2n) is 2.87. The molecule has 0 heterocycles. The summed E-state index contributed by atoms with van der Waals surface area (Å²) in [7, 11) is 0. The molecule has 0 unspecified atom stereocenters. The third-order valence-corrected chi connectivity index (χ3v) is 1.55. The SMILES string of the molecule is CC(N)=NCCCCCC(=O)NO. The number of rotatable bonds is 6. The lowest BCUT2D eigenvalue weighted by Gasteiger charge is -1.98. The molecule has 0 aromatic rings. The fourth-order valence-electron chi connectivity index (χ4n) is 0.885. The van der Waals surface area contributed by atoms with Gasteiger partial charge in [0.25, 0.3) is 0 Å². The first kappa shape index (κ1) is 11.9. The van der Waals surface area contributed by atoms with E-state index in [1.165, 1.54) is 0 Å². The van der Waals surface area contributed by atoms with Crippen LogP contribution in [0.4, 0.5) is 0 Å². The number of unbranched alkanes of at least 4 members (excludes halogenated alkanes) is 2. The molecule has 0 radical (unpaired) electrons. The van der Waals surface area contributed by atoms with E-state index in [1.54, 1.807) is 12.4 Å². The molecule has 0 aliphatic carbocycles. The lowest BCUT2D eigenvalue weighted by atomic mass is 10.2. The Hall–Kier alpha value is -1.10. The van der Waals surface area contributed by atoms with Crippen molar-refractivity contribution in [3.8, 4) is 0 Å². The van der Waals surface area contributed by atoms with E-state index in [-0.39, 0.29) is 5.91 Å². The summed E-state index contributed by atoms with van der Waals surface area (Å²) in [5.41, 5.74) is 6.92. The number of carbonyl (C=O) groups excluding carboxylic acids is 1. The van der Waals surface area contributed by atoms with Gasteiger partial charge in [-0.1, -0.05) is 6.42 Å². The zero-order valence-corrected chi connectivity index (χ0v) is 7.92. The Morgan fingerprint density at radius 2 is 2.15 bits per heavy atom. The van der Waals surface area contributed by atoms with Gasteiger partial charge in [0.05, 0.1) is 5.84 Å². The van der Waals surface area contributed by atoms with E-state index >= 15 is 0 Å². The number of hydrogen-bond acceptors (Lipinski definition) is 3. The van der Waals surface area contributed by atoms with Gasteiger partial charge in [-0.05, 0) is 19.8 Å². The summed E-state index contributed by atoms with van der Waals surface area (Å²) in [6, 6.07) is 0. The van der Waals surface area contributed by atoms with Crippen molar-refractivity contribution in [2.24, 2.45) is 10.7 Å². The van der Waals surface area contributed by atoms with Crippen LogP contribution in [0.5, 0.6) is 0 Å². The second kappa shape index (κ2) is 7.54. The van der Waals surface area contributed by atoms with E-state index in [0.717, 1.165) is 19.3 Å². The second-order valence-corrected chi connectivity index (χ2v) is 2.87. The fraction of sp³-hybridized carbons (Fsp3) is 0.750. The minimum absolute atomic E-state index is 0.335. The highest BCUT2D eigenvalue weighted by Gasteiger charge is 1.97. The molecule has 1 amide bonds. The van der Waals surface area contributed by atoms with Crippen LogP contribution in [-0.2, 0) is 4.79 Å². The van der Waals surface area contributed by atoms with Crippen molar-refractivity contribution in [3.05, 3.63) is 0 Å². The number of carbonyl (C=O) groups is 1. The normalized spacial score (nSPS) is 11.4. The predicted molar refractivity (Wildman–Crippen MR) is 50.6 cm³/mol. The summed E-state index contributed by atoms with van der Waals surface area (Å²) < 4.78 is 0. The van der Waals surface area contributed by atoms with E-state index in [1.807, 2.05) is 0 Å². The zero-order valence-electron chi connectivity index (χ0n) is 7.92. The molecule has 0 aromatic carbocycles. The first-order valence-corrected chi connectivity index (χ1v) is 4.36. The number of nitrogens with one attached hydrogen (secondary N) is 1.